The molecule has 0 fully saturated rings. The van der Waals surface area contributed by atoms with Crippen LogP contribution in [0.15, 0.2) is 134 Å². The van der Waals surface area contributed by atoms with Crippen molar-refractivity contribution >= 4 is 49.3 Å². The normalized spacial score (nSPS) is 13.6. The molecule has 0 aliphatic rings. The molecule has 208 valence electrons. The van der Waals surface area contributed by atoms with Crippen LogP contribution >= 0.6 is 0 Å². The molecule has 0 spiro atoms. The van der Waals surface area contributed by atoms with Crippen molar-refractivity contribution < 1.29 is 12.3 Å². The van der Waals surface area contributed by atoms with Crippen molar-refractivity contribution in [2.45, 2.75) is 44.8 Å². The third-order valence-electron chi connectivity index (χ3n) is 7.37. The summed E-state index contributed by atoms with van der Waals surface area (Å²) in [5.74, 6) is 0. The molecule has 40 heavy (non-hydrogen) atoms. The first-order valence-electron chi connectivity index (χ1n) is 13.9. The van der Waals surface area contributed by atoms with E-state index in [4.69, 9.17) is 12.3 Å². The fraction of sp³-hybridized carbons (Fsp3) is 0.212. The van der Waals surface area contributed by atoms with E-state index in [-0.39, 0.29) is 5.54 Å². The van der Waals surface area contributed by atoms with Crippen LogP contribution in [0.2, 0.25) is 39.3 Å². The predicted molar refractivity (Wildman–Crippen MR) is 179 cm³/mol. The second-order valence-electron chi connectivity index (χ2n) is 11.7. The van der Waals surface area contributed by atoms with Gasteiger partial charge >= 0.3 is 8.80 Å². The summed E-state index contributed by atoms with van der Waals surface area (Å²) in [6.07, 6.45) is 2.00. The Morgan fingerprint density at radius 3 is 1.02 bits per heavy atom. The van der Waals surface area contributed by atoms with Crippen LogP contribution in [-0.2, 0) is 12.3 Å². The molecule has 0 aliphatic carbocycles. The first-order valence-corrected chi connectivity index (χ1v) is 24.5. The molecule has 4 rings (SSSR count). The van der Waals surface area contributed by atoms with E-state index in [2.05, 4.69) is 161 Å². The standard InChI is InChI=1S/C33H42O3Si4/c1-8-33(29-21-13-9-14-22-29)40(34-37(2,3)30-23-15-10-16-24-30,35-38(4,5)31-25-17-11-18-26-31)36-39(6,7)32-27-19-12-20-28-32/h8-28,33H,1H2,2-7H3/t33-/m1/s1. The minimum absolute atomic E-state index is 0.227. The molecule has 0 N–H and O–H groups in total. The van der Waals surface area contributed by atoms with Gasteiger partial charge < -0.3 is 12.3 Å². The second-order valence-corrected chi connectivity index (χ2v) is 26.7. The van der Waals surface area contributed by atoms with Crippen molar-refractivity contribution in [3.8, 4) is 0 Å². The lowest BCUT2D eigenvalue weighted by molar-refractivity contribution is 0.248. The Bertz CT molecular complexity index is 1230. The lowest BCUT2D eigenvalue weighted by Gasteiger charge is -2.47. The van der Waals surface area contributed by atoms with E-state index in [1.54, 1.807) is 0 Å². The quantitative estimate of drug-likeness (QED) is 0.132. The Morgan fingerprint density at radius 2 is 0.750 bits per heavy atom. The average Bonchev–Trinajstić information content (AvgIpc) is 2.95. The van der Waals surface area contributed by atoms with Crippen molar-refractivity contribution in [3.05, 3.63) is 140 Å². The van der Waals surface area contributed by atoms with Gasteiger partial charge in [-0.25, -0.2) is 0 Å². The fourth-order valence-electron chi connectivity index (χ4n) is 5.16. The van der Waals surface area contributed by atoms with Crippen LogP contribution in [0.4, 0.5) is 0 Å². The molecule has 0 saturated heterocycles. The van der Waals surface area contributed by atoms with Gasteiger partial charge in [0.1, 0.15) is 0 Å². The van der Waals surface area contributed by atoms with Gasteiger partial charge in [0.2, 0.25) is 25.0 Å². The fourth-order valence-corrected chi connectivity index (χ4v) is 22.1. The third kappa shape index (κ3) is 6.98. The summed E-state index contributed by atoms with van der Waals surface area (Å²) >= 11 is 0. The molecule has 0 heterocycles. The second kappa shape index (κ2) is 12.5. The van der Waals surface area contributed by atoms with E-state index in [1.165, 1.54) is 15.6 Å². The van der Waals surface area contributed by atoms with Gasteiger partial charge in [-0.05, 0) is 60.4 Å². The summed E-state index contributed by atoms with van der Waals surface area (Å²) in [4.78, 5) is 0. The van der Waals surface area contributed by atoms with Crippen molar-refractivity contribution in [2.75, 3.05) is 0 Å². The third-order valence-corrected chi connectivity index (χ3v) is 23.4. The Morgan fingerprint density at radius 1 is 0.475 bits per heavy atom. The van der Waals surface area contributed by atoms with E-state index < -0.39 is 33.8 Å². The molecule has 4 aromatic rings. The molecule has 3 nitrogen and oxygen atoms in total. The maximum atomic E-state index is 7.57. The molecule has 7 heteroatoms. The monoisotopic (exact) mass is 598 g/mol. The van der Waals surface area contributed by atoms with E-state index in [9.17, 15) is 0 Å². The average molecular weight is 599 g/mol. The molecular formula is C33H42O3Si4. The van der Waals surface area contributed by atoms with Crippen molar-refractivity contribution in [1.82, 2.24) is 0 Å². The van der Waals surface area contributed by atoms with Gasteiger partial charge in [-0.2, -0.15) is 0 Å². The summed E-state index contributed by atoms with van der Waals surface area (Å²) in [5, 5.41) is 3.65. The van der Waals surface area contributed by atoms with Crippen LogP contribution < -0.4 is 15.6 Å². The molecule has 0 unspecified atom stereocenters. The summed E-state index contributed by atoms with van der Waals surface area (Å²) in [7, 11) is -11.1. The van der Waals surface area contributed by atoms with Crippen LogP contribution in [0.3, 0.4) is 0 Å². The Kier molecular flexibility index (Phi) is 9.46. The molecule has 0 aromatic heterocycles. The zero-order valence-electron chi connectivity index (χ0n) is 24.6. The van der Waals surface area contributed by atoms with Gasteiger partial charge in [-0.1, -0.05) is 127 Å². The number of rotatable bonds is 12. The van der Waals surface area contributed by atoms with Gasteiger partial charge in [0.25, 0.3) is 0 Å². The van der Waals surface area contributed by atoms with Crippen LogP contribution in [0.5, 0.6) is 0 Å². The zero-order valence-corrected chi connectivity index (χ0v) is 28.6. The molecule has 0 saturated carbocycles. The first kappa shape index (κ1) is 30.3. The number of allylic oxidation sites excluding steroid dienone is 1. The minimum atomic E-state index is -3.55. The highest BCUT2D eigenvalue weighted by atomic mass is 28.5. The maximum Gasteiger partial charge on any atom is 0.482 e. The maximum absolute atomic E-state index is 7.57. The molecule has 0 aliphatic heterocycles. The molecule has 0 bridgehead atoms. The van der Waals surface area contributed by atoms with E-state index in [1.807, 2.05) is 12.1 Å². The molecule has 0 amide bonds. The topological polar surface area (TPSA) is 27.7 Å². The molecular weight excluding hydrogens is 557 g/mol. The minimum Gasteiger partial charge on any atom is -0.412 e. The van der Waals surface area contributed by atoms with Gasteiger partial charge in [0.15, 0.2) is 0 Å². The summed E-state index contributed by atoms with van der Waals surface area (Å²) in [6, 6.07) is 42.2. The zero-order chi connectivity index (χ0) is 28.9. The summed E-state index contributed by atoms with van der Waals surface area (Å²) in [5.41, 5.74) is 0.882. The summed E-state index contributed by atoms with van der Waals surface area (Å²) < 4.78 is 22.7. The smallest absolute Gasteiger partial charge is 0.412 e. The van der Waals surface area contributed by atoms with Crippen LogP contribution in [0.1, 0.15) is 11.1 Å². The SMILES string of the molecule is C=C[C@H](c1ccccc1)[Si](O[Si](C)(C)c1ccccc1)(O[Si](C)(C)c1ccccc1)O[Si](C)(C)c1ccccc1. The molecule has 4 aromatic carbocycles. The highest BCUT2D eigenvalue weighted by molar-refractivity contribution is 6.99. The van der Waals surface area contributed by atoms with Gasteiger partial charge in [0, 0.05) is 0 Å². The number of benzene rings is 4. The lowest BCUT2D eigenvalue weighted by atomic mass is 10.1. The lowest BCUT2D eigenvalue weighted by Crippen LogP contribution is -2.70. The Balaban J connectivity index is 1.95. The van der Waals surface area contributed by atoms with Gasteiger partial charge in [0.05, 0.1) is 5.54 Å². The van der Waals surface area contributed by atoms with E-state index in [0.29, 0.717) is 0 Å². The van der Waals surface area contributed by atoms with E-state index in [0.717, 1.165) is 5.56 Å². The highest BCUT2D eigenvalue weighted by Crippen LogP contribution is 2.38. The number of hydrogen-bond donors (Lipinski definition) is 0. The van der Waals surface area contributed by atoms with Gasteiger partial charge in [-0.15, -0.1) is 6.58 Å². The van der Waals surface area contributed by atoms with Crippen molar-refractivity contribution in [3.63, 3.8) is 0 Å². The summed E-state index contributed by atoms with van der Waals surface area (Å²) in [6.45, 7) is 17.9. The first-order chi connectivity index (χ1) is 19.0. The highest BCUT2D eigenvalue weighted by Gasteiger charge is 2.58. The van der Waals surface area contributed by atoms with Crippen molar-refractivity contribution in [1.29, 1.82) is 0 Å². The molecule has 1 atom stereocenters. The van der Waals surface area contributed by atoms with Crippen LogP contribution in [0, 0.1) is 0 Å². The predicted octanol–water partition coefficient (Wildman–Crippen LogP) is 6.82. The van der Waals surface area contributed by atoms with Crippen molar-refractivity contribution in [2.24, 2.45) is 0 Å². The Labute approximate surface area is 245 Å². The van der Waals surface area contributed by atoms with E-state index >= 15 is 0 Å². The Hall–Kier alpha value is -2.63. The van der Waals surface area contributed by atoms with Gasteiger partial charge in [-0.3, -0.25) is 0 Å². The van der Waals surface area contributed by atoms with Crippen LogP contribution in [-0.4, -0.2) is 33.8 Å². The van der Waals surface area contributed by atoms with Crippen LogP contribution in [0.25, 0.3) is 0 Å². The number of hydrogen-bond acceptors (Lipinski definition) is 3. The largest absolute Gasteiger partial charge is 0.482 e. The molecule has 0 radical (unpaired) electrons.